The maximum absolute atomic E-state index is 12.9. The van der Waals surface area contributed by atoms with Crippen LogP contribution in [0.1, 0.15) is 33.2 Å². The number of aromatic amines is 1. The van der Waals surface area contributed by atoms with Crippen LogP contribution in [0.3, 0.4) is 0 Å². The van der Waals surface area contributed by atoms with Gasteiger partial charge < -0.3 is 9.32 Å². The van der Waals surface area contributed by atoms with Crippen LogP contribution < -0.4 is 0 Å². The van der Waals surface area contributed by atoms with Crippen molar-refractivity contribution in [3.8, 4) is 22.0 Å². The maximum atomic E-state index is 12.9. The zero-order valence-corrected chi connectivity index (χ0v) is 18.1. The van der Waals surface area contributed by atoms with Crippen LogP contribution in [-0.4, -0.2) is 39.6 Å². The van der Waals surface area contributed by atoms with Crippen molar-refractivity contribution < 1.29 is 9.21 Å². The van der Waals surface area contributed by atoms with Crippen LogP contribution in [0.4, 0.5) is 0 Å². The topological polar surface area (TPSA) is 75.0 Å². The molecule has 0 radical (unpaired) electrons. The summed E-state index contributed by atoms with van der Waals surface area (Å²) in [5.41, 5.74) is 3.84. The van der Waals surface area contributed by atoms with Gasteiger partial charge in [0.1, 0.15) is 10.6 Å². The van der Waals surface area contributed by atoms with Crippen LogP contribution in [0.25, 0.3) is 22.0 Å². The van der Waals surface area contributed by atoms with Crippen molar-refractivity contribution in [3.63, 3.8) is 0 Å². The average Bonchev–Trinajstić information content (AvgIpc) is 3.48. The lowest BCUT2D eigenvalue weighted by atomic mass is 10.1. The molecule has 30 heavy (non-hydrogen) atoms. The maximum Gasteiger partial charge on any atom is 0.265 e. The number of nitrogens with one attached hydrogen (secondary N) is 1. The van der Waals surface area contributed by atoms with Crippen LogP contribution >= 0.6 is 11.3 Å². The molecular weight excluding hydrogens is 396 g/mol. The lowest BCUT2D eigenvalue weighted by Gasteiger charge is -2.16. The quantitative estimate of drug-likeness (QED) is 0.450. The smallest absolute Gasteiger partial charge is 0.265 e. The van der Waals surface area contributed by atoms with Gasteiger partial charge in [0, 0.05) is 24.8 Å². The molecule has 0 saturated heterocycles. The van der Waals surface area contributed by atoms with E-state index in [1.807, 2.05) is 63.4 Å². The minimum Gasteiger partial charge on any atom is -0.459 e. The molecule has 0 saturated carbocycles. The first kappa shape index (κ1) is 20.1. The standard InChI is InChI=1S/C23H24N4O2S/c1-15-11-12-20(29-15)22-24-16(2)21(30-22)23(28)27(3)13-7-10-18-14-19(26-25-18)17-8-5-4-6-9-17/h4-6,8-9,11-12,14H,7,10,13H2,1-3H3,(H,25,26). The van der Waals surface area contributed by atoms with E-state index in [4.69, 9.17) is 4.42 Å². The molecule has 1 amide bonds. The Labute approximate surface area is 179 Å². The van der Waals surface area contributed by atoms with Gasteiger partial charge in [-0.2, -0.15) is 5.10 Å². The fourth-order valence-corrected chi connectivity index (χ4v) is 4.30. The van der Waals surface area contributed by atoms with Crippen LogP contribution in [0, 0.1) is 13.8 Å². The summed E-state index contributed by atoms with van der Waals surface area (Å²) < 4.78 is 5.64. The Kier molecular flexibility index (Phi) is 5.81. The molecule has 0 aliphatic heterocycles. The molecule has 0 unspecified atom stereocenters. The molecule has 6 nitrogen and oxygen atoms in total. The third-order valence-corrected chi connectivity index (χ3v) is 6.09. The number of thiazole rings is 1. The number of benzene rings is 1. The Morgan fingerprint density at radius 2 is 1.97 bits per heavy atom. The minimum atomic E-state index is -0.00545. The van der Waals surface area contributed by atoms with E-state index < -0.39 is 0 Å². The molecule has 0 atom stereocenters. The second-order valence-corrected chi connectivity index (χ2v) is 8.32. The van der Waals surface area contributed by atoms with Gasteiger partial charge in [0.15, 0.2) is 10.8 Å². The van der Waals surface area contributed by atoms with E-state index in [0.29, 0.717) is 17.2 Å². The predicted molar refractivity (Wildman–Crippen MR) is 119 cm³/mol. The highest BCUT2D eigenvalue weighted by Crippen LogP contribution is 2.30. The average molecular weight is 421 g/mol. The second-order valence-electron chi connectivity index (χ2n) is 7.32. The van der Waals surface area contributed by atoms with Crippen molar-refractivity contribution in [3.05, 3.63) is 70.6 Å². The first-order valence-corrected chi connectivity index (χ1v) is 10.7. The molecule has 0 bridgehead atoms. The number of carbonyl (C=O) groups excluding carboxylic acids is 1. The first-order valence-electron chi connectivity index (χ1n) is 9.90. The lowest BCUT2D eigenvalue weighted by molar-refractivity contribution is 0.0797. The summed E-state index contributed by atoms with van der Waals surface area (Å²) >= 11 is 1.38. The molecule has 0 spiro atoms. The van der Waals surface area contributed by atoms with Gasteiger partial charge in [-0.15, -0.1) is 11.3 Å². The van der Waals surface area contributed by atoms with Crippen molar-refractivity contribution in [2.45, 2.75) is 26.7 Å². The summed E-state index contributed by atoms with van der Waals surface area (Å²) in [5.74, 6) is 1.53. The van der Waals surface area contributed by atoms with Gasteiger partial charge in [0.05, 0.1) is 11.4 Å². The summed E-state index contributed by atoms with van der Waals surface area (Å²) in [7, 11) is 1.83. The molecule has 0 aliphatic rings. The molecular formula is C23H24N4O2S. The minimum absolute atomic E-state index is 0.00545. The van der Waals surface area contributed by atoms with E-state index in [1.54, 1.807) is 4.90 Å². The molecule has 1 N–H and O–H groups in total. The van der Waals surface area contributed by atoms with Gasteiger partial charge in [0.25, 0.3) is 5.91 Å². The third kappa shape index (κ3) is 4.36. The fourth-order valence-electron chi connectivity index (χ4n) is 3.28. The predicted octanol–water partition coefficient (Wildman–Crippen LogP) is 5.11. The van der Waals surface area contributed by atoms with Gasteiger partial charge in [-0.25, -0.2) is 4.98 Å². The number of aryl methyl sites for hydroxylation is 3. The third-order valence-electron chi connectivity index (χ3n) is 4.93. The number of hydrogen-bond acceptors (Lipinski definition) is 5. The van der Waals surface area contributed by atoms with E-state index in [-0.39, 0.29) is 5.91 Å². The number of carbonyl (C=O) groups is 1. The number of aromatic nitrogens is 3. The van der Waals surface area contributed by atoms with Gasteiger partial charge in [-0.1, -0.05) is 30.3 Å². The summed E-state index contributed by atoms with van der Waals surface area (Å²) in [6.45, 7) is 4.42. The van der Waals surface area contributed by atoms with E-state index in [0.717, 1.165) is 46.3 Å². The zero-order valence-electron chi connectivity index (χ0n) is 17.3. The summed E-state index contributed by atoms with van der Waals surface area (Å²) in [4.78, 5) is 19.8. The molecule has 7 heteroatoms. The summed E-state index contributed by atoms with van der Waals surface area (Å²) in [6, 6.07) is 16.0. The molecule has 4 aromatic rings. The van der Waals surface area contributed by atoms with E-state index in [2.05, 4.69) is 21.2 Å². The second kappa shape index (κ2) is 8.67. The van der Waals surface area contributed by atoms with Gasteiger partial charge in [-0.05, 0) is 44.9 Å². The Bertz CT molecular complexity index is 1140. The van der Waals surface area contributed by atoms with Gasteiger partial charge in [0.2, 0.25) is 0 Å². The SMILES string of the molecule is Cc1ccc(-c2nc(C)c(C(=O)N(C)CCCc3cc(-c4ccccc4)n[nH]3)s2)o1. The number of rotatable bonds is 7. The number of amides is 1. The van der Waals surface area contributed by atoms with Gasteiger partial charge >= 0.3 is 0 Å². The largest absolute Gasteiger partial charge is 0.459 e. The molecule has 0 fully saturated rings. The zero-order chi connectivity index (χ0) is 21.1. The van der Waals surface area contributed by atoms with Crippen molar-refractivity contribution in [1.82, 2.24) is 20.1 Å². The molecule has 0 aliphatic carbocycles. The summed E-state index contributed by atoms with van der Waals surface area (Å²) in [5, 5.41) is 8.23. The number of furan rings is 1. The molecule has 154 valence electrons. The Morgan fingerprint density at radius 3 is 2.70 bits per heavy atom. The highest BCUT2D eigenvalue weighted by atomic mass is 32.1. The van der Waals surface area contributed by atoms with Crippen molar-refractivity contribution in [2.24, 2.45) is 0 Å². The summed E-state index contributed by atoms with van der Waals surface area (Å²) in [6.07, 6.45) is 1.68. The Morgan fingerprint density at radius 1 is 1.17 bits per heavy atom. The molecule has 3 heterocycles. The van der Waals surface area contributed by atoms with Crippen LogP contribution in [0.2, 0.25) is 0 Å². The van der Waals surface area contributed by atoms with Crippen LogP contribution in [0.5, 0.6) is 0 Å². The van der Waals surface area contributed by atoms with Gasteiger partial charge in [-0.3, -0.25) is 9.89 Å². The van der Waals surface area contributed by atoms with Crippen LogP contribution in [-0.2, 0) is 6.42 Å². The van der Waals surface area contributed by atoms with Crippen LogP contribution in [0.15, 0.2) is 52.9 Å². The number of H-pyrrole nitrogens is 1. The normalized spacial score (nSPS) is 11.0. The molecule has 4 rings (SSSR count). The highest BCUT2D eigenvalue weighted by Gasteiger charge is 2.20. The Hall–Kier alpha value is -3.19. The fraction of sp³-hybridized carbons (Fsp3) is 0.261. The van der Waals surface area contributed by atoms with E-state index >= 15 is 0 Å². The van der Waals surface area contributed by atoms with Crippen molar-refractivity contribution in [1.29, 1.82) is 0 Å². The van der Waals surface area contributed by atoms with Crippen molar-refractivity contribution in [2.75, 3.05) is 13.6 Å². The van der Waals surface area contributed by atoms with E-state index in [9.17, 15) is 4.79 Å². The number of nitrogens with zero attached hydrogens (tertiary/aromatic N) is 3. The Balaban J connectivity index is 1.34. The molecule has 3 aromatic heterocycles. The highest BCUT2D eigenvalue weighted by molar-refractivity contribution is 7.17. The molecule has 1 aromatic carbocycles. The number of hydrogen-bond donors (Lipinski definition) is 1. The first-order chi connectivity index (χ1) is 14.5. The lowest BCUT2D eigenvalue weighted by Crippen LogP contribution is -2.27. The van der Waals surface area contributed by atoms with Crippen molar-refractivity contribution >= 4 is 17.2 Å². The monoisotopic (exact) mass is 420 g/mol. The van der Waals surface area contributed by atoms with E-state index in [1.165, 1.54) is 11.3 Å².